The molecule has 0 saturated heterocycles. The highest BCUT2D eigenvalue weighted by atomic mass is 35.5. The molecule has 7 heteroatoms. The fourth-order valence-corrected chi connectivity index (χ4v) is 4.29. The maximum absolute atomic E-state index is 13.6. The van der Waals surface area contributed by atoms with Gasteiger partial charge in [0.25, 0.3) is 0 Å². The van der Waals surface area contributed by atoms with Gasteiger partial charge < -0.3 is 9.64 Å². The Morgan fingerprint density at radius 1 is 1.24 bits per heavy atom. The Morgan fingerprint density at radius 2 is 2.00 bits per heavy atom. The molecule has 0 aromatic heterocycles. The zero-order valence-electron chi connectivity index (χ0n) is 16.2. The van der Waals surface area contributed by atoms with Gasteiger partial charge in [-0.1, -0.05) is 35.5 Å². The summed E-state index contributed by atoms with van der Waals surface area (Å²) in [4.78, 5) is 27.4. The van der Waals surface area contributed by atoms with Crippen molar-refractivity contribution in [2.75, 3.05) is 7.11 Å². The third kappa shape index (κ3) is 4.71. The molecule has 2 aromatic carbocycles. The van der Waals surface area contributed by atoms with E-state index in [2.05, 4.69) is 0 Å². The molecule has 0 spiro atoms. The van der Waals surface area contributed by atoms with Crippen LogP contribution in [-0.2, 0) is 11.3 Å². The Morgan fingerprint density at radius 3 is 2.66 bits per heavy atom. The number of allylic oxidation sites excluding steroid dienone is 3. The van der Waals surface area contributed by atoms with E-state index >= 15 is 0 Å². The van der Waals surface area contributed by atoms with Crippen molar-refractivity contribution < 1.29 is 18.7 Å². The van der Waals surface area contributed by atoms with Crippen molar-refractivity contribution in [3.8, 4) is 5.75 Å². The molecule has 0 aliphatic carbocycles. The number of carbonyl (C=O) groups excluding carboxylic acids is 2. The van der Waals surface area contributed by atoms with E-state index in [4.69, 9.17) is 16.3 Å². The average Bonchev–Trinajstić information content (AvgIpc) is 2.97. The second kappa shape index (κ2) is 8.84. The average molecular weight is 432 g/mol. The molecule has 0 radical (unpaired) electrons. The van der Waals surface area contributed by atoms with Crippen molar-refractivity contribution in [1.29, 1.82) is 0 Å². The third-order valence-electron chi connectivity index (χ3n) is 4.44. The molecular weight excluding hydrogens is 413 g/mol. The van der Waals surface area contributed by atoms with Crippen LogP contribution in [0.25, 0.3) is 0 Å². The van der Waals surface area contributed by atoms with Crippen molar-refractivity contribution >= 4 is 34.9 Å². The molecular formula is C22H19ClFNO3S. The van der Waals surface area contributed by atoms with Gasteiger partial charge in [0.2, 0.25) is 0 Å². The van der Waals surface area contributed by atoms with Gasteiger partial charge in [-0.3, -0.25) is 9.59 Å². The van der Waals surface area contributed by atoms with Crippen LogP contribution >= 0.6 is 23.4 Å². The first-order chi connectivity index (χ1) is 13.8. The zero-order chi connectivity index (χ0) is 21.1. The molecule has 0 N–H and O–H groups in total. The van der Waals surface area contributed by atoms with E-state index in [1.807, 2.05) is 11.8 Å². The second-order valence-electron chi connectivity index (χ2n) is 6.48. The van der Waals surface area contributed by atoms with Crippen LogP contribution in [0, 0.1) is 5.82 Å². The molecule has 0 unspecified atom stereocenters. The molecule has 0 fully saturated rings. The monoisotopic (exact) mass is 431 g/mol. The van der Waals surface area contributed by atoms with E-state index in [9.17, 15) is 14.0 Å². The quantitative estimate of drug-likeness (QED) is 0.441. The number of rotatable bonds is 6. The summed E-state index contributed by atoms with van der Waals surface area (Å²) in [6, 6.07) is 11.1. The largest absolute Gasteiger partial charge is 0.496 e. The molecule has 0 amide bonds. The summed E-state index contributed by atoms with van der Waals surface area (Å²) >= 11 is 7.27. The van der Waals surface area contributed by atoms with Crippen LogP contribution < -0.4 is 4.74 Å². The number of nitrogens with zero attached hydrogens (tertiary/aromatic N) is 1. The first kappa shape index (κ1) is 21.1. The standard InChI is InChI=1S/C22H19ClFNO3S/c1-13-22(14(2)26)29-21(25(13)12-15-5-4-6-17(24)9-15)11-19(27)18-10-16(23)7-8-20(18)28-3/h4-11H,12H2,1-3H3/b21-11-. The van der Waals surface area contributed by atoms with Crippen LogP contribution in [-0.4, -0.2) is 23.6 Å². The smallest absolute Gasteiger partial charge is 0.192 e. The number of ketones is 2. The van der Waals surface area contributed by atoms with E-state index < -0.39 is 0 Å². The van der Waals surface area contributed by atoms with Crippen molar-refractivity contribution in [2.45, 2.75) is 20.4 Å². The Balaban J connectivity index is 1.98. The third-order valence-corrected chi connectivity index (χ3v) is 6.01. The van der Waals surface area contributed by atoms with Crippen LogP contribution in [0.2, 0.25) is 5.02 Å². The van der Waals surface area contributed by atoms with Gasteiger partial charge >= 0.3 is 0 Å². The highest BCUT2D eigenvalue weighted by molar-refractivity contribution is 8.07. The lowest BCUT2D eigenvalue weighted by atomic mass is 10.1. The van der Waals surface area contributed by atoms with E-state index in [0.29, 0.717) is 32.8 Å². The number of carbonyl (C=O) groups is 2. The van der Waals surface area contributed by atoms with Crippen molar-refractivity contribution in [2.24, 2.45) is 0 Å². The molecule has 4 nitrogen and oxygen atoms in total. The predicted octanol–water partition coefficient (Wildman–Crippen LogP) is 5.58. The van der Waals surface area contributed by atoms with E-state index in [-0.39, 0.29) is 17.4 Å². The molecule has 3 rings (SSSR count). The molecule has 150 valence electrons. The van der Waals surface area contributed by atoms with Gasteiger partial charge in [0.1, 0.15) is 11.6 Å². The summed E-state index contributed by atoms with van der Waals surface area (Å²) in [5.74, 6) is -0.318. The SMILES string of the molecule is COc1ccc(Cl)cc1C(=O)/C=C1\SC(C(C)=O)=C(C)N1Cc1cccc(F)c1. The first-order valence-electron chi connectivity index (χ1n) is 8.81. The van der Waals surface area contributed by atoms with E-state index in [1.54, 1.807) is 30.3 Å². The van der Waals surface area contributed by atoms with Gasteiger partial charge in [-0.15, -0.1) is 0 Å². The zero-order valence-corrected chi connectivity index (χ0v) is 17.7. The number of Topliss-reactive ketones (excluding diaryl/α,β-unsaturated/α-hetero) is 1. The minimum atomic E-state index is -0.340. The second-order valence-corrected chi connectivity index (χ2v) is 7.95. The summed E-state index contributed by atoms with van der Waals surface area (Å²) in [6.07, 6.45) is 1.46. The van der Waals surface area contributed by atoms with Crippen molar-refractivity contribution in [1.82, 2.24) is 4.90 Å². The summed E-state index contributed by atoms with van der Waals surface area (Å²) in [7, 11) is 1.48. The number of halogens is 2. The summed E-state index contributed by atoms with van der Waals surface area (Å²) < 4.78 is 18.9. The maximum atomic E-state index is 13.6. The van der Waals surface area contributed by atoms with Gasteiger partial charge in [-0.25, -0.2) is 4.39 Å². The summed E-state index contributed by atoms with van der Waals surface area (Å²) in [5, 5.41) is 1.01. The Hall–Kier alpha value is -2.57. The summed E-state index contributed by atoms with van der Waals surface area (Å²) in [6.45, 7) is 3.63. The normalized spacial score (nSPS) is 15.2. The lowest BCUT2D eigenvalue weighted by Crippen LogP contribution is -2.17. The van der Waals surface area contributed by atoms with Crippen molar-refractivity contribution in [3.05, 3.63) is 86.1 Å². The van der Waals surface area contributed by atoms with Crippen molar-refractivity contribution in [3.63, 3.8) is 0 Å². The number of thioether (sulfide) groups is 1. The Bertz CT molecular complexity index is 1050. The Labute approximate surface area is 178 Å². The molecule has 0 atom stereocenters. The van der Waals surface area contributed by atoms with Crippen LogP contribution in [0.3, 0.4) is 0 Å². The molecule has 0 bridgehead atoms. The van der Waals surface area contributed by atoms with Gasteiger partial charge in [-0.2, -0.15) is 0 Å². The molecule has 2 aromatic rings. The number of benzene rings is 2. The molecule has 1 aliphatic rings. The van der Waals surface area contributed by atoms with Crippen LogP contribution in [0.15, 0.2) is 64.2 Å². The summed E-state index contributed by atoms with van der Waals surface area (Å²) in [5.41, 5.74) is 1.78. The molecule has 1 heterocycles. The van der Waals surface area contributed by atoms with E-state index in [1.165, 1.54) is 44.0 Å². The molecule has 0 saturated carbocycles. The molecule has 1 aliphatic heterocycles. The van der Waals surface area contributed by atoms with Crippen LogP contribution in [0.5, 0.6) is 5.75 Å². The lowest BCUT2D eigenvalue weighted by Gasteiger charge is -2.21. The lowest BCUT2D eigenvalue weighted by molar-refractivity contribution is -0.113. The van der Waals surface area contributed by atoms with Gasteiger partial charge in [0, 0.05) is 23.3 Å². The maximum Gasteiger partial charge on any atom is 0.192 e. The van der Waals surface area contributed by atoms with Gasteiger partial charge in [0.05, 0.1) is 22.6 Å². The van der Waals surface area contributed by atoms with Crippen LogP contribution in [0.4, 0.5) is 4.39 Å². The fourth-order valence-electron chi connectivity index (χ4n) is 3.03. The fraction of sp³-hybridized carbons (Fsp3) is 0.182. The first-order valence-corrected chi connectivity index (χ1v) is 10.0. The number of ether oxygens (including phenoxy) is 1. The van der Waals surface area contributed by atoms with Gasteiger partial charge in [0.15, 0.2) is 11.6 Å². The Kier molecular flexibility index (Phi) is 6.45. The molecule has 29 heavy (non-hydrogen) atoms. The number of hydrogen-bond donors (Lipinski definition) is 0. The highest BCUT2D eigenvalue weighted by Gasteiger charge is 2.29. The number of hydrogen-bond acceptors (Lipinski definition) is 5. The topological polar surface area (TPSA) is 46.6 Å². The minimum absolute atomic E-state index is 0.0899. The van der Waals surface area contributed by atoms with Gasteiger partial charge in [-0.05, 0) is 49.7 Å². The van der Waals surface area contributed by atoms with Crippen LogP contribution in [0.1, 0.15) is 29.8 Å². The number of methoxy groups -OCH3 is 1. The minimum Gasteiger partial charge on any atom is -0.496 e. The van der Waals surface area contributed by atoms with E-state index in [0.717, 1.165) is 11.3 Å². The highest BCUT2D eigenvalue weighted by Crippen LogP contribution is 2.42. The predicted molar refractivity (Wildman–Crippen MR) is 113 cm³/mol.